The summed E-state index contributed by atoms with van der Waals surface area (Å²) in [5, 5.41) is 6.57. The number of pyridine rings is 1. The number of nitrogens with zero attached hydrogens (tertiary/aromatic N) is 2. The molecule has 3 heterocycles. The number of aromatic nitrogens is 2. The van der Waals surface area contributed by atoms with Crippen molar-refractivity contribution in [1.82, 2.24) is 20.6 Å². The number of rotatable bonds is 5. The number of amides is 3. The first-order valence-electron chi connectivity index (χ1n) is 11.2. The molecule has 3 amide bonds. The van der Waals surface area contributed by atoms with Gasteiger partial charge in [0.15, 0.2) is 0 Å². The van der Waals surface area contributed by atoms with Crippen LogP contribution >= 0.6 is 0 Å². The van der Waals surface area contributed by atoms with E-state index in [2.05, 4.69) is 34.4 Å². The van der Waals surface area contributed by atoms with Crippen LogP contribution in [0.2, 0.25) is 0 Å². The van der Waals surface area contributed by atoms with Crippen molar-refractivity contribution in [2.24, 2.45) is 5.41 Å². The number of hydrogen-bond donors (Lipinski definition) is 3. The van der Waals surface area contributed by atoms with E-state index >= 15 is 0 Å². The fraction of sp³-hybridized carbons (Fsp3) is 0.609. The molecule has 0 spiro atoms. The van der Waals surface area contributed by atoms with Crippen LogP contribution in [0, 0.1) is 5.41 Å². The molecule has 1 saturated carbocycles. The van der Waals surface area contributed by atoms with Gasteiger partial charge in [-0.05, 0) is 56.3 Å². The lowest BCUT2D eigenvalue weighted by atomic mass is 9.73. The van der Waals surface area contributed by atoms with Crippen molar-refractivity contribution in [3.05, 3.63) is 24.0 Å². The average Bonchev–Trinajstić information content (AvgIpc) is 3.16. The molecule has 7 nitrogen and oxygen atoms in total. The van der Waals surface area contributed by atoms with E-state index in [1.165, 1.54) is 45.1 Å². The topological polar surface area (TPSA) is 90.1 Å². The molecule has 1 saturated heterocycles. The maximum atomic E-state index is 11.8. The summed E-state index contributed by atoms with van der Waals surface area (Å²) in [6.07, 6.45) is 13.4. The first-order chi connectivity index (χ1) is 14.5. The predicted molar refractivity (Wildman–Crippen MR) is 121 cm³/mol. The second kappa shape index (κ2) is 10.1. The molecule has 0 aromatic carbocycles. The Morgan fingerprint density at radius 1 is 1.23 bits per heavy atom. The van der Waals surface area contributed by atoms with Gasteiger partial charge in [0, 0.05) is 24.5 Å². The number of imide groups is 1. The first-order valence-corrected chi connectivity index (χ1v) is 11.2. The van der Waals surface area contributed by atoms with Crippen molar-refractivity contribution in [2.45, 2.75) is 65.2 Å². The van der Waals surface area contributed by atoms with Crippen molar-refractivity contribution in [2.75, 3.05) is 25.0 Å². The molecule has 3 N–H and O–H groups in total. The highest BCUT2D eigenvalue weighted by molar-refractivity contribution is 6.06. The molecular weight excluding hydrogens is 378 g/mol. The van der Waals surface area contributed by atoms with Crippen LogP contribution in [0.3, 0.4) is 0 Å². The molecule has 2 fully saturated rings. The second-order valence-electron chi connectivity index (χ2n) is 8.74. The first kappa shape index (κ1) is 22.3. The van der Waals surface area contributed by atoms with Gasteiger partial charge in [0.25, 0.3) is 0 Å². The zero-order chi connectivity index (χ0) is 21.6. The van der Waals surface area contributed by atoms with E-state index < -0.39 is 0 Å². The van der Waals surface area contributed by atoms with Crippen LogP contribution < -0.4 is 15.5 Å². The third kappa shape index (κ3) is 5.39. The SMILES string of the molecule is CCc1c[nH]c2ncc(N3CCC(=O)NC3=O)cc12.CNCCC1(C)CCCCC1. The van der Waals surface area contributed by atoms with Gasteiger partial charge >= 0.3 is 6.03 Å². The maximum Gasteiger partial charge on any atom is 0.328 e. The molecule has 7 heteroatoms. The van der Waals surface area contributed by atoms with Crippen LogP contribution in [-0.4, -0.2) is 42.0 Å². The molecule has 0 bridgehead atoms. The smallest absolute Gasteiger partial charge is 0.328 e. The number of H-pyrrole nitrogens is 1. The van der Waals surface area contributed by atoms with Crippen LogP contribution in [0.15, 0.2) is 18.5 Å². The van der Waals surface area contributed by atoms with Crippen LogP contribution in [0.5, 0.6) is 0 Å². The van der Waals surface area contributed by atoms with E-state index in [0.29, 0.717) is 24.1 Å². The fourth-order valence-electron chi connectivity index (χ4n) is 4.38. The molecule has 2 aromatic heterocycles. The minimum absolute atomic E-state index is 0.230. The number of hydrogen-bond acceptors (Lipinski definition) is 4. The molecule has 4 rings (SSSR count). The number of aryl methyl sites for hydroxylation is 1. The lowest BCUT2D eigenvalue weighted by molar-refractivity contribution is -0.120. The van der Waals surface area contributed by atoms with Gasteiger partial charge in [-0.25, -0.2) is 9.78 Å². The van der Waals surface area contributed by atoms with Crippen molar-refractivity contribution in [1.29, 1.82) is 0 Å². The third-order valence-corrected chi connectivity index (χ3v) is 6.39. The summed E-state index contributed by atoms with van der Waals surface area (Å²) in [6.45, 7) is 6.10. The largest absolute Gasteiger partial charge is 0.346 e. The Labute approximate surface area is 179 Å². The number of nitrogens with one attached hydrogen (secondary N) is 3. The Morgan fingerprint density at radius 2 is 2.00 bits per heavy atom. The Kier molecular flexibility index (Phi) is 7.48. The lowest BCUT2D eigenvalue weighted by Crippen LogP contribution is -2.49. The number of aromatic amines is 1. The summed E-state index contributed by atoms with van der Waals surface area (Å²) >= 11 is 0. The van der Waals surface area contributed by atoms with Gasteiger partial charge in [-0.1, -0.05) is 33.1 Å². The van der Waals surface area contributed by atoms with Gasteiger partial charge in [-0.15, -0.1) is 0 Å². The quantitative estimate of drug-likeness (QED) is 0.687. The second-order valence-corrected chi connectivity index (χ2v) is 8.74. The van der Waals surface area contributed by atoms with Crippen LogP contribution in [0.4, 0.5) is 10.5 Å². The van der Waals surface area contributed by atoms with E-state index in [1.54, 1.807) is 11.1 Å². The van der Waals surface area contributed by atoms with Gasteiger partial charge in [-0.2, -0.15) is 0 Å². The molecular formula is C23H35N5O2. The number of urea groups is 1. The Hall–Kier alpha value is -2.41. The highest BCUT2D eigenvalue weighted by atomic mass is 16.2. The predicted octanol–water partition coefficient (Wildman–Crippen LogP) is 4.14. The van der Waals surface area contributed by atoms with E-state index in [9.17, 15) is 9.59 Å². The Bertz CT molecular complexity index is 870. The highest BCUT2D eigenvalue weighted by Gasteiger charge is 2.26. The summed E-state index contributed by atoms with van der Waals surface area (Å²) in [5.41, 5.74) is 3.36. The zero-order valence-electron chi connectivity index (χ0n) is 18.5. The molecule has 0 atom stereocenters. The van der Waals surface area contributed by atoms with Crippen LogP contribution in [-0.2, 0) is 11.2 Å². The summed E-state index contributed by atoms with van der Waals surface area (Å²) in [7, 11) is 2.05. The van der Waals surface area contributed by atoms with Crippen molar-refractivity contribution in [3.63, 3.8) is 0 Å². The normalized spacial score (nSPS) is 18.7. The van der Waals surface area contributed by atoms with E-state index in [4.69, 9.17) is 0 Å². The van der Waals surface area contributed by atoms with Gasteiger partial charge in [-0.3, -0.25) is 15.0 Å². The number of anilines is 1. The van der Waals surface area contributed by atoms with Gasteiger partial charge in [0.05, 0.1) is 11.9 Å². The standard InChI is InChI=1S/C13H14N4O2.C10H21N/c1-2-8-6-14-12-10(8)5-9(7-15-12)17-4-3-11(18)16-13(17)19;1-10(8-9-11-2)6-4-3-5-7-10/h5-7H,2-4H2,1H3,(H,14,15)(H,16,18,19);11H,3-9H2,1-2H3. The third-order valence-electron chi connectivity index (χ3n) is 6.39. The Balaban J connectivity index is 0.000000199. The van der Waals surface area contributed by atoms with Gasteiger partial charge in [0.2, 0.25) is 5.91 Å². The molecule has 30 heavy (non-hydrogen) atoms. The van der Waals surface area contributed by atoms with Gasteiger partial charge < -0.3 is 10.3 Å². The van der Waals surface area contributed by atoms with Crippen molar-refractivity contribution >= 4 is 28.7 Å². The van der Waals surface area contributed by atoms with E-state index in [-0.39, 0.29) is 11.9 Å². The summed E-state index contributed by atoms with van der Waals surface area (Å²) in [4.78, 5) is 31.9. The maximum absolute atomic E-state index is 11.8. The summed E-state index contributed by atoms with van der Waals surface area (Å²) in [5.74, 6) is -0.230. The zero-order valence-corrected chi connectivity index (χ0v) is 18.5. The Morgan fingerprint density at radius 3 is 2.67 bits per heavy atom. The van der Waals surface area contributed by atoms with E-state index in [0.717, 1.165) is 23.0 Å². The molecule has 2 aliphatic rings. The van der Waals surface area contributed by atoms with Crippen LogP contribution in [0.25, 0.3) is 11.0 Å². The molecule has 164 valence electrons. The number of carbonyl (C=O) groups excluding carboxylic acids is 2. The molecule has 2 aromatic rings. The minimum Gasteiger partial charge on any atom is -0.346 e. The van der Waals surface area contributed by atoms with Crippen LogP contribution in [0.1, 0.15) is 64.4 Å². The summed E-state index contributed by atoms with van der Waals surface area (Å²) < 4.78 is 0. The number of fused-ring (bicyclic) bond motifs is 1. The van der Waals surface area contributed by atoms with E-state index in [1.807, 2.05) is 19.3 Å². The number of carbonyl (C=O) groups is 2. The molecule has 1 aliphatic heterocycles. The monoisotopic (exact) mass is 413 g/mol. The van der Waals surface area contributed by atoms with Gasteiger partial charge in [0.1, 0.15) is 5.65 Å². The van der Waals surface area contributed by atoms with Crippen molar-refractivity contribution < 1.29 is 9.59 Å². The minimum atomic E-state index is -0.383. The van der Waals surface area contributed by atoms with Crippen molar-refractivity contribution in [3.8, 4) is 0 Å². The highest BCUT2D eigenvalue weighted by Crippen LogP contribution is 2.38. The molecule has 1 aliphatic carbocycles. The summed E-state index contributed by atoms with van der Waals surface area (Å²) in [6, 6.07) is 1.55. The molecule has 0 radical (unpaired) electrons. The molecule has 0 unspecified atom stereocenters. The lowest BCUT2D eigenvalue weighted by Gasteiger charge is -2.33. The average molecular weight is 414 g/mol. The fourth-order valence-corrected chi connectivity index (χ4v) is 4.38.